The van der Waals surface area contributed by atoms with Crippen LogP contribution in [0.2, 0.25) is 0 Å². The number of halogens is 2. The van der Waals surface area contributed by atoms with E-state index in [1.165, 1.54) is 18.2 Å². The number of benzene rings is 2. The summed E-state index contributed by atoms with van der Waals surface area (Å²) in [6, 6.07) is 8.27. The molecule has 30 heavy (non-hydrogen) atoms. The normalized spacial score (nSPS) is 17.1. The van der Waals surface area contributed by atoms with E-state index in [0.717, 1.165) is 11.8 Å². The fourth-order valence-electron chi connectivity index (χ4n) is 3.43. The van der Waals surface area contributed by atoms with Gasteiger partial charge >= 0.3 is 0 Å². The van der Waals surface area contributed by atoms with E-state index in [4.69, 9.17) is 0 Å². The van der Waals surface area contributed by atoms with Crippen LogP contribution < -0.4 is 10.0 Å². The fraction of sp³-hybridized carbons (Fsp3) is 0.200. The van der Waals surface area contributed by atoms with Gasteiger partial charge < -0.3 is 9.88 Å². The number of aromatic nitrogens is 2. The molecule has 2 N–H and O–H groups in total. The molecule has 0 unspecified atom stereocenters. The number of fused-ring (bicyclic) bond motifs is 1. The highest BCUT2D eigenvalue weighted by Crippen LogP contribution is 2.38. The lowest BCUT2D eigenvalue weighted by atomic mass is 9.91. The maximum atomic E-state index is 14.9. The van der Waals surface area contributed by atoms with E-state index in [0.29, 0.717) is 0 Å². The van der Waals surface area contributed by atoms with Gasteiger partial charge in [-0.1, -0.05) is 25.1 Å². The van der Waals surface area contributed by atoms with Gasteiger partial charge in [-0.3, -0.25) is 0 Å². The molecule has 0 saturated carbocycles. The number of aryl methyl sites for hydroxylation is 1. The fourth-order valence-corrected chi connectivity index (χ4v) is 4.58. The summed E-state index contributed by atoms with van der Waals surface area (Å²) < 4.78 is 58.8. The van der Waals surface area contributed by atoms with Crippen molar-refractivity contribution in [1.29, 1.82) is 0 Å². The molecule has 2 aromatic carbocycles. The van der Waals surface area contributed by atoms with Crippen LogP contribution in [0.4, 0.5) is 14.5 Å². The summed E-state index contributed by atoms with van der Waals surface area (Å²) in [5, 5.41) is 2.88. The number of hydrogen-bond donors (Lipinski definition) is 2. The van der Waals surface area contributed by atoms with Crippen LogP contribution in [0.25, 0.3) is 0 Å². The average Bonchev–Trinajstić information content (AvgIpc) is 3.10. The predicted octanol–water partition coefficient (Wildman–Crippen LogP) is 3.11. The van der Waals surface area contributed by atoms with Crippen LogP contribution in [0.1, 0.15) is 29.7 Å². The van der Waals surface area contributed by atoms with Crippen LogP contribution in [0.5, 0.6) is 0 Å². The molecule has 156 valence electrons. The second kappa shape index (κ2) is 7.52. The monoisotopic (exact) mass is 431 g/mol. The van der Waals surface area contributed by atoms with Gasteiger partial charge in [-0.2, -0.15) is 0 Å². The van der Waals surface area contributed by atoms with Crippen LogP contribution in [0.3, 0.4) is 0 Å². The molecule has 1 aromatic heterocycles. The van der Waals surface area contributed by atoms with Crippen molar-refractivity contribution in [3.8, 4) is 0 Å². The highest BCUT2D eigenvalue weighted by molar-refractivity contribution is 7.90. The van der Waals surface area contributed by atoms with Crippen LogP contribution in [-0.2, 0) is 23.6 Å². The Balaban J connectivity index is 1.79. The number of guanidine groups is 1. The zero-order valence-electron chi connectivity index (χ0n) is 16.2. The maximum absolute atomic E-state index is 14.9. The molecule has 0 aliphatic carbocycles. The lowest BCUT2D eigenvalue weighted by Gasteiger charge is -2.26. The lowest BCUT2D eigenvalue weighted by Crippen LogP contribution is -2.41. The standard InChI is InChI=1S/C20H19F2N5O2S/c1-12(14-5-3-4-6-15(14)21)18-16(22)7-8-17-19(18)25-20(26-30(17,28)29)24-10-13-9-23-11-27(13)2/h3-9,11-12H,10H2,1-2H3,(H2,24,25,26)/t12-/m0/s1. The molecule has 0 fully saturated rings. The van der Waals surface area contributed by atoms with Crippen molar-refractivity contribution in [3.63, 3.8) is 0 Å². The zero-order valence-corrected chi connectivity index (χ0v) is 17.0. The van der Waals surface area contributed by atoms with Gasteiger partial charge in [0.15, 0.2) is 0 Å². The van der Waals surface area contributed by atoms with Gasteiger partial charge in [0, 0.05) is 18.5 Å². The van der Waals surface area contributed by atoms with Gasteiger partial charge in [-0.05, 0) is 23.8 Å². The molecule has 0 saturated heterocycles. The third-order valence-corrected chi connectivity index (χ3v) is 6.42. The Kier molecular flexibility index (Phi) is 5.02. The average molecular weight is 431 g/mol. The van der Waals surface area contributed by atoms with Crippen LogP contribution in [0.15, 0.2) is 58.8 Å². The Morgan fingerprint density at radius 2 is 1.93 bits per heavy atom. The predicted molar refractivity (Wildman–Crippen MR) is 109 cm³/mol. The molecular weight excluding hydrogens is 412 g/mol. The van der Waals surface area contributed by atoms with E-state index in [-0.39, 0.29) is 34.2 Å². The van der Waals surface area contributed by atoms with Crippen molar-refractivity contribution in [1.82, 2.24) is 14.3 Å². The summed E-state index contributed by atoms with van der Waals surface area (Å²) >= 11 is 0. The quantitative estimate of drug-likeness (QED) is 0.665. The van der Waals surface area contributed by atoms with E-state index in [1.54, 1.807) is 43.2 Å². The number of rotatable bonds is 4. The number of hydrogen-bond acceptors (Lipinski definition) is 4. The van der Waals surface area contributed by atoms with Gasteiger partial charge in [0.25, 0.3) is 10.0 Å². The van der Waals surface area contributed by atoms with Crippen molar-refractivity contribution in [2.24, 2.45) is 12.0 Å². The SMILES string of the molecule is C[C@@H](c1ccccc1F)c1c(F)ccc2c1NC(=NCc1cncn1C)NS2(=O)=O. The van der Waals surface area contributed by atoms with Crippen molar-refractivity contribution in [2.75, 3.05) is 5.32 Å². The van der Waals surface area contributed by atoms with E-state index < -0.39 is 27.6 Å². The smallest absolute Gasteiger partial charge is 0.266 e. The van der Waals surface area contributed by atoms with E-state index in [9.17, 15) is 17.2 Å². The van der Waals surface area contributed by atoms with Crippen molar-refractivity contribution in [2.45, 2.75) is 24.3 Å². The first-order chi connectivity index (χ1) is 14.3. The maximum Gasteiger partial charge on any atom is 0.266 e. The second-order valence-corrected chi connectivity index (χ2v) is 8.62. The molecule has 0 spiro atoms. The summed E-state index contributed by atoms with van der Waals surface area (Å²) in [5.74, 6) is -1.92. The number of anilines is 1. The minimum Gasteiger partial charge on any atom is -0.336 e. The number of nitrogens with one attached hydrogen (secondary N) is 2. The highest BCUT2D eigenvalue weighted by Gasteiger charge is 2.32. The summed E-state index contributed by atoms with van der Waals surface area (Å²) in [4.78, 5) is 8.13. The molecule has 4 rings (SSSR count). The number of aliphatic imine (C=N–C) groups is 1. The molecule has 2 heterocycles. The number of imidazole rings is 1. The topological polar surface area (TPSA) is 88.4 Å². The van der Waals surface area contributed by atoms with Crippen molar-refractivity contribution < 1.29 is 17.2 Å². The summed E-state index contributed by atoms with van der Waals surface area (Å²) in [6.45, 7) is 1.78. The molecule has 1 atom stereocenters. The summed E-state index contributed by atoms with van der Waals surface area (Å²) in [5.41, 5.74) is 1.12. The first-order valence-electron chi connectivity index (χ1n) is 9.14. The first kappa shape index (κ1) is 20.0. The molecular formula is C20H19F2N5O2S. The Bertz CT molecular complexity index is 1250. The van der Waals surface area contributed by atoms with Crippen LogP contribution in [-0.4, -0.2) is 23.9 Å². The summed E-state index contributed by atoms with van der Waals surface area (Å²) in [7, 11) is -2.19. The van der Waals surface area contributed by atoms with Crippen molar-refractivity contribution in [3.05, 3.63) is 77.4 Å². The second-order valence-electron chi connectivity index (χ2n) is 6.97. The first-order valence-corrected chi connectivity index (χ1v) is 10.6. The molecule has 1 aliphatic rings. The highest BCUT2D eigenvalue weighted by atomic mass is 32.2. The Morgan fingerprint density at radius 3 is 2.63 bits per heavy atom. The van der Waals surface area contributed by atoms with Crippen LogP contribution in [0, 0.1) is 11.6 Å². The largest absolute Gasteiger partial charge is 0.336 e. The Hall–Kier alpha value is -3.27. The minimum atomic E-state index is -3.98. The van der Waals surface area contributed by atoms with E-state index >= 15 is 0 Å². The number of nitrogens with zero attached hydrogens (tertiary/aromatic N) is 3. The van der Waals surface area contributed by atoms with Crippen molar-refractivity contribution >= 4 is 21.7 Å². The van der Waals surface area contributed by atoms with Gasteiger partial charge in [-0.15, -0.1) is 0 Å². The van der Waals surface area contributed by atoms with Gasteiger partial charge in [0.2, 0.25) is 5.96 Å². The third kappa shape index (κ3) is 3.54. The molecule has 0 amide bonds. The molecule has 0 radical (unpaired) electrons. The van der Waals surface area contributed by atoms with Gasteiger partial charge in [0.05, 0.1) is 30.5 Å². The lowest BCUT2D eigenvalue weighted by molar-refractivity contribution is 0.577. The summed E-state index contributed by atoms with van der Waals surface area (Å²) in [6.07, 6.45) is 3.22. The molecule has 1 aliphatic heterocycles. The third-order valence-electron chi connectivity index (χ3n) is 5.04. The molecule has 3 aromatic rings. The van der Waals surface area contributed by atoms with Gasteiger partial charge in [-0.25, -0.2) is 31.9 Å². The zero-order chi connectivity index (χ0) is 21.5. The molecule has 7 nitrogen and oxygen atoms in total. The van der Waals surface area contributed by atoms with E-state index in [2.05, 4.69) is 20.0 Å². The number of sulfonamides is 1. The Labute approximate surface area is 172 Å². The molecule has 0 bridgehead atoms. The van der Waals surface area contributed by atoms with Gasteiger partial charge in [0.1, 0.15) is 16.5 Å². The Morgan fingerprint density at radius 1 is 1.17 bits per heavy atom. The van der Waals surface area contributed by atoms with E-state index in [1.807, 2.05) is 0 Å². The van der Waals surface area contributed by atoms with Crippen LogP contribution >= 0.6 is 0 Å². The minimum absolute atomic E-state index is 0.0451. The molecule has 10 heteroatoms.